The molecule has 1 spiro atoms. The molecule has 1 heterocycles. The van der Waals surface area contributed by atoms with Gasteiger partial charge in [-0.3, -0.25) is 9.69 Å². The van der Waals surface area contributed by atoms with Crippen molar-refractivity contribution >= 4 is 23.5 Å². The van der Waals surface area contributed by atoms with Crippen molar-refractivity contribution in [3.8, 4) is 5.75 Å². The van der Waals surface area contributed by atoms with E-state index in [9.17, 15) is 9.59 Å². The van der Waals surface area contributed by atoms with E-state index in [1.54, 1.807) is 12.1 Å². The van der Waals surface area contributed by atoms with Crippen molar-refractivity contribution in [2.45, 2.75) is 38.1 Å². The van der Waals surface area contributed by atoms with Crippen molar-refractivity contribution in [1.29, 1.82) is 0 Å². The Balaban J connectivity index is 1.59. The number of carbonyl (C=O) groups excluding carboxylic acids is 2. The lowest BCUT2D eigenvalue weighted by atomic mass is 9.77. The molecule has 0 unspecified atom stereocenters. The maximum Gasteiger partial charge on any atom is 0.325 e. The first-order chi connectivity index (χ1) is 11.0. The molecule has 1 N–H and O–H groups in total. The zero-order chi connectivity index (χ0) is 16.4. The lowest BCUT2D eigenvalue weighted by Gasteiger charge is -2.33. The van der Waals surface area contributed by atoms with Crippen molar-refractivity contribution in [1.82, 2.24) is 10.2 Å². The summed E-state index contributed by atoms with van der Waals surface area (Å²) in [6.07, 6.45) is 3.38. The summed E-state index contributed by atoms with van der Waals surface area (Å²) in [7, 11) is 0. The molecule has 1 aliphatic heterocycles. The molecule has 5 nitrogen and oxygen atoms in total. The molecule has 0 bridgehead atoms. The van der Waals surface area contributed by atoms with Gasteiger partial charge in [0.15, 0.2) is 0 Å². The number of imide groups is 1. The number of halogens is 1. The summed E-state index contributed by atoms with van der Waals surface area (Å²) in [4.78, 5) is 26.1. The first-order valence-corrected chi connectivity index (χ1v) is 8.41. The van der Waals surface area contributed by atoms with Crippen LogP contribution in [0.4, 0.5) is 4.79 Å². The Hall–Kier alpha value is -1.75. The number of nitrogens with zero attached hydrogens (tertiary/aromatic N) is 1. The molecule has 3 rings (SSSR count). The number of urea groups is 1. The highest BCUT2D eigenvalue weighted by Crippen LogP contribution is 2.36. The number of hydrogen-bond donors (Lipinski definition) is 1. The normalized spacial score (nSPS) is 27.4. The van der Waals surface area contributed by atoms with Crippen LogP contribution in [0.25, 0.3) is 0 Å². The van der Waals surface area contributed by atoms with Gasteiger partial charge < -0.3 is 10.1 Å². The summed E-state index contributed by atoms with van der Waals surface area (Å²) in [6, 6.07) is 6.83. The van der Waals surface area contributed by atoms with Gasteiger partial charge in [-0.15, -0.1) is 0 Å². The fourth-order valence-corrected chi connectivity index (χ4v) is 3.47. The van der Waals surface area contributed by atoms with E-state index in [-0.39, 0.29) is 25.1 Å². The Morgan fingerprint density at radius 2 is 2.00 bits per heavy atom. The molecule has 124 valence electrons. The van der Waals surface area contributed by atoms with Crippen molar-refractivity contribution in [3.63, 3.8) is 0 Å². The fraction of sp³-hybridized carbons (Fsp3) is 0.529. The third-order valence-electron chi connectivity index (χ3n) is 4.78. The Morgan fingerprint density at radius 1 is 1.30 bits per heavy atom. The van der Waals surface area contributed by atoms with Gasteiger partial charge in [-0.25, -0.2) is 4.79 Å². The first-order valence-electron chi connectivity index (χ1n) is 8.03. The molecule has 0 radical (unpaired) electrons. The van der Waals surface area contributed by atoms with Crippen LogP contribution in [-0.2, 0) is 4.79 Å². The molecule has 1 aromatic carbocycles. The molecule has 0 aromatic heterocycles. The van der Waals surface area contributed by atoms with E-state index in [0.717, 1.165) is 25.7 Å². The molecule has 1 saturated carbocycles. The molecule has 2 aliphatic rings. The van der Waals surface area contributed by atoms with Gasteiger partial charge in [0.1, 0.15) is 17.9 Å². The lowest BCUT2D eigenvalue weighted by Crippen LogP contribution is -2.49. The maximum atomic E-state index is 12.7. The third-order valence-corrected chi connectivity index (χ3v) is 5.10. The monoisotopic (exact) mass is 336 g/mol. The maximum absolute atomic E-state index is 12.7. The minimum Gasteiger partial charge on any atom is -0.490 e. The van der Waals surface area contributed by atoms with E-state index in [1.807, 2.05) is 12.1 Å². The smallest absolute Gasteiger partial charge is 0.325 e. The van der Waals surface area contributed by atoms with Crippen LogP contribution < -0.4 is 10.1 Å². The predicted molar refractivity (Wildman–Crippen MR) is 87.6 cm³/mol. The highest BCUT2D eigenvalue weighted by Gasteiger charge is 2.51. The van der Waals surface area contributed by atoms with Crippen LogP contribution in [0.5, 0.6) is 5.75 Å². The quantitative estimate of drug-likeness (QED) is 0.859. The van der Waals surface area contributed by atoms with E-state index < -0.39 is 5.54 Å². The van der Waals surface area contributed by atoms with Crippen LogP contribution in [0.15, 0.2) is 24.3 Å². The van der Waals surface area contributed by atoms with Crippen molar-refractivity contribution in [2.24, 2.45) is 5.92 Å². The van der Waals surface area contributed by atoms with Gasteiger partial charge in [-0.2, -0.15) is 0 Å². The number of para-hydroxylation sites is 1. The van der Waals surface area contributed by atoms with Gasteiger partial charge in [-0.1, -0.05) is 30.7 Å². The van der Waals surface area contributed by atoms with Crippen LogP contribution in [0.1, 0.15) is 32.6 Å². The summed E-state index contributed by atoms with van der Waals surface area (Å²) in [5.74, 6) is 1.06. The predicted octanol–water partition coefficient (Wildman–Crippen LogP) is 3.22. The van der Waals surface area contributed by atoms with Crippen molar-refractivity contribution < 1.29 is 14.3 Å². The Bertz CT molecular complexity index is 612. The fourth-order valence-electron chi connectivity index (χ4n) is 3.28. The second-order valence-corrected chi connectivity index (χ2v) is 6.84. The molecule has 3 amide bonds. The zero-order valence-corrected chi connectivity index (χ0v) is 13.9. The van der Waals surface area contributed by atoms with Crippen LogP contribution in [0.2, 0.25) is 5.02 Å². The molecule has 1 saturated heterocycles. The number of nitrogens with one attached hydrogen (secondary N) is 1. The lowest BCUT2D eigenvalue weighted by molar-refractivity contribution is -0.132. The van der Waals surface area contributed by atoms with Crippen LogP contribution in [0, 0.1) is 5.92 Å². The highest BCUT2D eigenvalue weighted by molar-refractivity contribution is 6.32. The molecule has 1 aliphatic carbocycles. The topological polar surface area (TPSA) is 58.6 Å². The SMILES string of the molecule is CC1CCC2(CC1)NC(=O)N(CCOc1ccccc1Cl)C2=O. The molecule has 0 atom stereocenters. The number of ether oxygens (including phenoxy) is 1. The van der Waals surface area contributed by atoms with Crippen molar-refractivity contribution in [3.05, 3.63) is 29.3 Å². The van der Waals surface area contributed by atoms with Gasteiger partial charge in [-0.05, 0) is 43.7 Å². The summed E-state index contributed by atoms with van der Waals surface area (Å²) in [5, 5.41) is 3.42. The number of rotatable bonds is 4. The number of hydrogen-bond acceptors (Lipinski definition) is 3. The minimum atomic E-state index is -0.687. The highest BCUT2D eigenvalue weighted by atomic mass is 35.5. The van der Waals surface area contributed by atoms with Gasteiger partial charge in [0.25, 0.3) is 5.91 Å². The molecule has 1 aromatic rings. The van der Waals surface area contributed by atoms with E-state index >= 15 is 0 Å². The van der Waals surface area contributed by atoms with Gasteiger partial charge in [0, 0.05) is 0 Å². The summed E-state index contributed by atoms with van der Waals surface area (Å²) >= 11 is 6.02. The standard InChI is InChI=1S/C17H21ClN2O3/c1-12-6-8-17(9-7-12)15(21)20(16(22)19-17)10-11-23-14-5-3-2-4-13(14)18/h2-5,12H,6-11H2,1H3,(H,19,22). The Morgan fingerprint density at radius 3 is 2.70 bits per heavy atom. The second kappa shape index (κ2) is 6.40. The van der Waals surface area contributed by atoms with E-state index in [4.69, 9.17) is 16.3 Å². The molecule has 2 fully saturated rings. The van der Waals surface area contributed by atoms with E-state index in [2.05, 4.69) is 12.2 Å². The average Bonchev–Trinajstić information content (AvgIpc) is 2.76. The van der Waals surface area contributed by atoms with Crippen LogP contribution in [0.3, 0.4) is 0 Å². The average molecular weight is 337 g/mol. The van der Waals surface area contributed by atoms with Gasteiger partial charge in [0.2, 0.25) is 0 Å². The second-order valence-electron chi connectivity index (χ2n) is 6.43. The minimum absolute atomic E-state index is 0.114. The van der Waals surface area contributed by atoms with Gasteiger partial charge in [0.05, 0.1) is 11.6 Å². The number of benzene rings is 1. The molecule has 23 heavy (non-hydrogen) atoms. The summed E-state index contributed by atoms with van der Waals surface area (Å²) < 4.78 is 5.58. The van der Waals surface area contributed by atoms with Gasteiger partial charge >= 0.3 is 6.03 Å². The Kier molecular flexibility index (Phi) is 4.48. The molecular weight excluding hydrogens is 316 g/mol. The zero-order valence-electron chi connectivity index (χ0n) is 13.2. The van der Waals surface area contributed by atoms with Crippen LogP contribution in [-0.4, -0.2) is 35.5 Å². The molecule has 6 heteroatoms. The number of carbonyl (C=O) groups is 2. The molecular formula is C17H21ClN2O3. The first kappa shape index (κ1) is 16.1. The van der Waals surface area contributed by atoms with Crippen LogP contribution >= 0.6 is 11.6 Å². The summed E-state index contributed by atoms with van der Waals surface area (Å²) in [5.41, 5.74) is -0.687. The number of amides is 3. The van der Waals surface area contributed by atoms with Crippen molar-refractivity contribution in [2.75, 3.05) is 13.2 Å². The Labute approximate surface area is 140 Å². The largest absolute Gasteiger partial charge is 0.490 e. The van der Waals surface area contributed by atoms with E-state index in [1.165, 1.54) is 4.90 Å². The third kappa shape index (κ3) is 3.15. The van der Waals surface area contributed by atoms with E-state index in [0.29, 0.717) is 16.7 Å². The summed E-state index contributed by atoms with van der Waals surface area (Å²) in [6.45, 7) is 2.64.